The van der Waals surface area contributed by atoms with E-state index in [0.29, 0.717) is 46.8 Å². The molecule has 0 aliphatic carbocycles. The molecule has 1 unspecified atom stereocenters. The van der Waals surface area contributed by atoms with Gasteiger partial charge in [-0.3, -0.25) is 9.59 Å². The van der Waals surface area contributed by atoms with Crippen LogP contribution in [0.5, 0.6) is 0 Å². The molecule has 5 rings (SSSR count). The van der Waals surface area contributed by atoms with Crippen molar-refractivity contribution in [3.8, 4) is 0 Å². The summed E-state index contributed by atoms with van der Waals surface area (Å²) in [4.78, 5) is 38.5. The Kier molecular flexibility index (Phi) is 6.06. The molecule has 0 spiro atoms. The quantitative estimate of drug-likeness (QED) is 0.414. The summed E-state index contributed by atoms with van der Waals surface area (Å²) in [5.74, 6) is 0.198. The van der Waals surface area contributed by atoms with E-state index in [1.165, 1.54) is 17.7 Å². The van der Waals surface area contributed by atoms with E-state index in [1.807, 2.05) is 31.2 Å². The highest BCUT2D eigenvalue weighted by molar-refractivity contribution is 7.23. The van der Waals surface area contributed by atoms with E-state index >= 15 is 0 Å². The maximum atomic E-state index is 13.4. The number of thiophene rings is 1. The summed E-state index contributed by atoms with van der Waals surface area (Å²) < 4.78 is 1.35. The number of nitrogens with zero attached hydrogens (tertiary/aromatic N) is 4. The van der Waals surface area contributed by atoms with Crippen LogP contribution in [-0.4, -0.2) is 50.7 Å². The van der Waals surface area contributed by atoms with E-state index in [9.17, 15) is 9.59 Å². The Morgan fingerprint density at radius 2 is 1.94 bits per heavy atom. The number of carbonyl (C=O) groups is 2. The largest absolute Gasteiger partial charge is 0.383 e. The van der Waals surface area contributed by atoms with Gasteiger partial charge in [0, 0.05) is 40.7 Å². The molecule has 10 heteroatoms. The number of hydrogen-bond donors (Lipinski definition) is 1. The van der Waals surface area contributed by atoms with Crippen LogP contribution >= 0.6 is 34.5 Å². The van der Waals surface area contributed by atoms with Gasteiger partial charge >= 0.3 is 0 Å². The highest BCUT2D eigenvalue weighted by atomic mass is 35.5. The summed E-state index contributed by atoms with van der Waals surface area (Å²) in [6, 6.07) is 10.6. The van der Waals surface area contributed by atoms with E-state index in [0.717, 1.165) is 26.6 Å². The number of aromatic nitrogens is 2. The van der Waals surface area contributed by atoms with E-state index in [1.54, 1.807) is 21.9 Å². The SMILES string of the molecule is CCC1C(=O)N(Cc2ccc3c(N)ncnc3c2)CCN1C(=O)c1ccc2c(Cl)c(Cl)sc2c1. The summed E-state index contributed by atoms with van der Waals surface area (Å²) in [5.41, 5.74) is 8.12. The number of hydrogen-bond acceptors (Lipinski definition) is 6. The molecule has 0 bridgehead atoms. The van der Waals surface area contributed by atoms with Gasteiger partial charge in [-0.2, -0.15) is 0 Å². The minimum absolute atomic E-state index is 0.0623. The van der Waals surface area contributed by atoms with E-state index in [4.69, 9.17) is 28.9 Å². The Balaban J connectivity index is 1.36. The average Bonchev–Trinajstić information content (AvgIpc) is 3.12. The number of anilines is 1. The summed E-state index contributed by atoms with van der Waals surface area (Å²) in [7, 11) is 0. The lowest BCUT2D eigenvalue weighted by Crippen LogP contribution is -2.58. The van der Waals surface area contributed by atoms with Gasteiger partial charge in [0.25, 0.3) is 5.91 Å². The Morgan fingerprint density at radius 1 is 1.15 bits per heavy atom. The first-order valence-corrected chi connectivity index (χ1v) is 12.4. The van der Waals surface area contributed by atoms with E-state index < -0.39 is 6.04 Å². The second-order valence-electron chi connectivity index (χ2n) is 8.19. The molecule has 0 saturated carbocycles. The number of amides is 2. The number of nitrogen functional groups attached to an aromatic ring is 1. The fraction of sp³-hybridized carbons (Fsp3) is 0.250. The molecule has 2 aromatic heterocycles. The molecule has 2 N–H and O–H groups in total. The zero-order valence-corrected chi connectivity index (χ0v) is 20.6. The number of fused-ring (bicyclic) bond motifs is 2. The van der Waals surface area contributed by atoms with E-state index in [2.05, 4.69) is 9.97 Å². The van der Waals surface area contributed by atoms with Gasteiger partial charge in [-0.1, -0.05) is 42.3 Å². The van der Waals surface area contributed by atoms with Crippen LogP contribution in [-0.2, 0) is 11.3 Å². The monoisotopic (exact) mass is 513 g/mol. The molecular weight excluding hydrogens is 493 g/mol. The van der Waals surface area contributed by atoms with E-state index in [-0.39, 0.29) is 11.8 Å². The molecule has 7 nitrogen and oxygen atoms in total. The standard InChI is InChI=1S/C24H21Cl2N5O2S/c1-2-18-24(33)30(11-13-3-5-15-17(9-13)28-12-29-22(15)27)7-8-31(18)23(32)14-4-6-16-19(10-14)34-21(26)20(16)25/h3-6,9-10,12,18H,2,7-8,11H2,1H3,(H2,27,28,29). The van der Waals surface area contributed by atoms with Crippen LogP contribution in [0.25, 0.3) is 21.0 Å². The summed E-state index contributed by atoms with van der Waals surface area (Å²) in [6.45, 7) is 3.26. The second-order valence-corrected chi connectivity index (χ2v) is 10.2. The van der Waals surface area contributed by atoms with Crippen LogP contribution < -0.4 is 5.73 Å². The minimum Gasteiger partial charge on any atom is -0.383 e. The van der Waals surface area contributed by atoms with Crippen molar-refractivity contribution in [2.75, 3.05) is 18.8 Å². The predicted octanol–water partition coefficient (Wildman–Crippen LogP) is 5.00. The number of benzene rings is 2. The van der Waals surface area contributed by atoms with Crippen molar-refractivity contribution in [1.29, 1.82) is 0 Å². The van der Waals surface area contributed by atoms with Crippen molar-refractivity contribution in [2.24, 2.45) is 0 Å². The molecular formula is C24H21Cl2N5O2S. The Hall–Kier alpha value is -2.94. The van der Waals surface area contributed by atoms with Crippen LogP contribution in [0.1, 0.15) is 29.3 Å². The minimum atomic E-state index is -0.522. The topological polar surface area (TPSA) is 92.4 Å². The fourth-order valence-electron chi connectivity index (χ4n) is 4.41. The van der Waals surface area contributed by atoms with Gasteiger partial charge in [-0.25, -0.2) is 9.97 Å². The number of rotatable bonds is 4. The van der Waals surface area contributed by atoms with Crippen molar-refractivity contribution in [2.45, 2.75) is 25.9 Å². The number of nitrogens with two attached hydrogens (primary N) is 1. The lowest BCUT2D eigenvalue weighted by Gasteiger charge is -2.40. The van der Waals surface area contributed by atoms with Crippen LogP contribution in [0, 0.1) is 0 Å². The Labute approximate surface area is 210 Å². The molecule has 2 aromatic carbocycles. The molecule has 1 aliphatic rings. The van der Waals surface area contributed by atoms with Gasteiger partial charge in [0.15, 0.2) is 0 Å². The van der Waals surface area contributed by atoms with Gasteiger partial charge in [0.2, 0.25) is 5.91 Å². The number of carbonyl (C=O) groups excluding carboxylic acids is 2. The van der Waals surface area contributed by atoms with Crippen LogP contribution in [0.4, 0.5) is 5.82 Å². The Bertz CT molecular complexity index is 1440. The molecule has 2 amide bonds. The Morgan fingerprint density at radius 3 is 2.74 bits per heavy atom. The third-order valence-corrected chi connectivity index (χ3v) is 8.14. The summed E-state index contributed by atoms with van der Waals surface area (Å²) in [6.07, 6.45) is 1.96. The van der Waals surface area contributed by atoms with Gasteiger partial charge < -0.3 is 15.5 Å². The van der Waals surface area contributed by atoms with Crippen molar-refractivity contribution < 1.29 is 9.59 Å². The predicted molar refractivity (Wildman–Crippen MR) is 136 cm³/mol. The fourth-order valence-corrected chi connectivity index (χ4v) is 5.96. The van der Waals surface area contributed by atoms with Crippen molar-refractivity contribution in [3.63, 3.8) is 0 Å². The van der Waals surface area contributed by atoms with Gasteiger partial charge in [-0.05, 0) is 36.2 Å². The molecule has 34 heavy (non-hydrogen) atoms. The van der Waals surface area contributed by atoms with Crippen molar-refractivity contribution in [3.05, 3.63) is 63.2 Å². The smallest absolute Gasteiger partial charge is 0.254 e. The highest BCUT2D eigenvalue weighted by Gasteiger charge is 2.36. The summed E-state index contributed by atoms with van der Waals surface area (Å²) in [5, 5.41) is 2.10. The highest BCUT2D eigenvalue weighted by Crippen LogP contribution is 2.39. The molecule has 1 aliphatic heterocycles. The zero-order valence-electron chi connectivity index (χ0n) is 18.3. The molecule has 1 fully saturated rings. The second kappa shape index (κ2) is 9.02. The van der Waals surface area contributed by atoms with Gasteiger partial charge in [-0.15, -0.1) is 11.3 Å². The third-order valence-electron chi connectivity index (χ3n) is 6.17. The first kappa shape index (κ1) is 22.8. The zero-order chi connectivity index (χ0) is 24.0. The maximum absolute atomic E-state index is 13.4. The first-order valence-electron chi connectivity index (χ1n) is 10.8. The van der Waals surface area contributed by atoms with Crippen molar-refractivity contribution in [1.82, 2.24) is 19.8 Å². The number of halogens is 2. The van der Waals surface area contributed by atoms with Crippen LogP contribution in [0.15, 0.2) is 42.7 Å². The lowest BCUT2D eigenvalue weighted by molar-refractivity contribution is -0.141. The molecule has 1 atom stereocenters. The molecule has 174 valence electrons. The maximum Gasteiger partial charge on any atom is 0.254 e. The molecule has 0 radical (unpaired) electrons. The lowest BCUT2D eigenvalue weighted by atomic mass is 10.0. The van der Waals surface area contributed by atoms with Crippen molar-refractivity contribution >= 4 is 73.2 Å². The third kappa shape index (κ3) is 3.96. The first-order chi connectivity index (χ1) is 16.4. The summed E-state index contributed by atoms with van der Waals surface area (Å²) >= 11 is 13.7. The van der Waals surface area contributed by atoms with Crippen LogP contribution in [0.2, 0.25) is 9.36 Å². The van der Waals surface area contributed by atoms with Crippen LogP contribution in [0.3, 0.4) is 0 Å². The molecule has 3 heterocycles. The molecule has 1 saturated heterocycles. The molecule has 4 aromatic rings. The number of piperazine rings is 1. The van der Waals surface area contributed by atoms with Gasteiger partial charge in [0.05, 0.1) is 10.5 Å². The van der Waals surface area contributed by atoms with Gasteiger partial charge in [0.1, 0.15) is 22.5 Å². The average molecular weight is 514 g/mol. The normalized spacial score (nSPS) is 16.6.